The van der Waals surface area contributed by atoms with Crippen LogP contribution in [0.25, 0.3) is 0 Å². The summed E-state index contributed by atoms with van der Waals surface area (Å²) in [5.41, 5.74) is 2.41. The minimum atomic E-state index is 0.770. The van der Waals surface area contributed by atoms with E-state index in [4.69, 9.17) is 4.74 Å². The van der Waals surface area contributed by atoms with E-state index in [-0.39, 0.29) is 0 Å². The second-order valence-corrected chi connectivity index (χ2v) is 4.55. The van der Waals surface area contributed by atoms with Crippen molar-refractivity contribution in [2.75, 3.05) is 6.61 Å². The molecule has 102 valence electrons. The number of nitrogens with zero attached hydrogens (tertiary/aromatic N) is 2. The molecule has 0 saturated heterocycles. The molecule has 0 aliphatic rings. The van der Waals surface area contributed by atoms with Crippen molar-refractivity contribution < 1.29 is 4.74 Å². The van der Waals surface area contributed by atoms with Crippen molar-refractivity contribution in [2.24, 2.45) is 7.05 Å². The fourth-order valence-electron chi connectivity index (χ4n) is 1.87. The number of aryl methyl sites for hydroxylation is 1. The molecule has 0 aliphatic heterocycles. The van der Waals surface area contributed by atoms with Crippen molar-refractivity contribution in [3.63, 3.8) is 0 Å². The summed E-state index contributed by atoms with van der Waals surface area (Å²) in [5.74, 6) is 0.946. The maximum absolute atomic E-state index is 5.63. The predicted molar refractivity (Wildman–Crippen MR) is 76.0 cm³/mol. The topological polar surface area (TPSA) is 39.1 Å². The summed E-state index contributed by atoms with van der Waals surface area (Å²) in [4.78, 5) is 0. The smallest absolute Gasteiger partial charge is 0.119 e. The average Bonchev–Trinajstić information content (AvgIpc) is 2.83. The van der Waals surface area contributed by atoms with Crippen molar-refractivity contribution in [3.8, 4) is 5.75 Å². The zero-order valence-electron chi connectivity index (χ0n) is 11.6. The molecule has 2 aromatic rings. The molecule has 0 saturated carbocycles. The van der Waals surface area contributed by atoms with Gasteiger partial charge in [0.2, 0.25) is 0 Å². The highest BCUT2D eigenvalue weighted by Crippen LogP contribution is 2.13. The molecule has 0 atom stereocenters. The van der Waals surface area contributed by atoms with Gasteiger partial charge in [0, 0.05) is 26.3 Å². The SMILES string of the molecule is CCCOc1cccc(CNCc2ccnn2C)c1. The van der Waals surface area contributed by atoms with Crippen LogP contribution in [0.3, 0.4) is 0 Å². The van der Waals surface area contributed by atoms with Crippen LogP contribution < -0.4 is 10.1 Å². The lowest BCUT2D eigenvalue weighted by Crippen LogP contribution is -2.15. The molecule has 1 heterocycles. The van der Waals surface area contributed by atoms with Crippen LogP contribution in [-0.4, -0.2) is 16.4 Å². The van der Waals surface area contributed by atoms with Crippen molar-refractivity contribution in [1.82, 2.24) is 15.1 Å². The Morgan fingerprint density at radius 2 is 2.16 bits per heavy atom. The fraction of sp³-hybridized carbons (Fsp3) is 0.400. The molecular formula is C15H21N3O. The number of ether oxygens (including phenoxy) is 1. The average molecular weight is 259 g/mol. The first-order valence-electron chi connectivity index (χ1n) is 6.69. The molecule has 0 aliphatic carbocycles. The summed E-state index contributed by atoms with van der Waals surface area (Å²) in [6.07, 6.45) is 2.85. The quantitative estimate of drug-likeness (QED) is 0.830. The van der Waals surface area contributed by atoms with Gasteiger partial charge in [0.25, 0.3) is 0 Å². The van der Waals surface area contributed by atoms with Gasteiger partial charge in [-0.15, -0.1) is 0 Å². The van der Waals surface area contributed by atoms with E-state index in [2.05, 4.69) is 29.5 Å². The van der Waals surface area contributed by atoms with E-state index in [9.17, 15) is 0 Å². The van der Waals surface area contributed by atoms with E-state index in [1.807, 2.05) is 36.1 Å². The van der Waals surface area contributed by atoms with Gasteiger partial charge in [-0.3, -0.25) is 4.68 Å². The molecule has 1 aromatic carbocycles. The molecule has 1 aromatic heterocycles. The standard InChI is InChI=1S/C15H21N3O/c1-3-9-19-15-6-4-5-13(10-15)11-16-12-14-7-8-17-18(14)2/h4-8,10,16H,3,9,11-12H2,1-2H3. The number of aromatic nitrogens is 2. The highest BCUT2D eigenvalue weighted by Gasteiger charge is 1.99. The van der Waals surface area contributed by atoms with Gasteiger partial charge in [-0.05, 0) is 30.2 Å². The lowest BCUT2D eigenvalue weighted by molar-refractivity contribution is 0.317. The minimum Gasteiger partial charge on any atom is -0.494 e. The van der Waals surface area contributed by atoms with Gasteiger partial charge in [-0.1, -0.05) is 19.1 Å². The summed E-state index contributed by atoms with van der Waals surface area (Å²) >= 11 is 0. The molecule has 0 unspecified atom stereocenters. The zero-order chi connectivity index (χ0) is 13.5. The maximum atomic E-state index is 5.63. The summed E-state index contributed by atoms with van der Waals surface area (Å²) in [6, 6.07) is 10.3. The third-order valence-corrected chi connectivity index (χ3v) is 2.93. The van der Waals surface area contributed by atoms with Gasteiger partial charge < -0.3 is 10.1 Å². The van der Waals surface area contributed by atoms with Crippen molar-refractivity contribution in [2.45, 2.75) is 26.4 Å². The zero-order valence-corrected chi connectivity index (χ0v) is 11.6. The molecule has 2 rings (SSSR count). The second kappa shape index (κ2) is 6.95. The molecular weight excluding hydrogens is 238 g/mol. The Hall–Kier alpha value is -1.81. The number of hydrogen-bond donors (Lipinski definition) is 1. The predicted octanol–water partition coefficient (Wildman–Crippen LogP) is 2.50. The Bertz CT molecular complexity index is 508. The van der Waals surface area contributed by atoms with E-state index in [1.54, 1.807) is 0 Å². The highest BCUT2D eigenvalue weighted by molar-refractivity contribution is 5.28. The Labute approximate surface area is 114 Å². The van der Waals surface area contributed by atoms with Crippen LogP contribution in [0.1, 0.15) is 24.6 Å². The third-order valence-electron chi connectivity index (χ3n) is 2.93. The van der Waals surface area contributed by atoms with Crippen molar-refractivity contribution in [1.29, 1.82) is 0 Å². The molecule has 0 radical (unpaired) electrons. The molecule has 4 heteroatoms. The molecule has 0 bridgehead atoms. The summed E-state index contributed by atoms with van der Waals surface area (Å²) in [7, 11) is 1.95. The van der Waals surface area contributed by atoms with Crippen LogP contribution in [0, 0.1) is 0 Å². The maximum Gasteiger partial charge on any atom is 0.119 e. The van der Waals surface area contributed by atoms with E-state index < -0.39 is 0 Å². The molecule has 0 fully saturated rings. The Morgan fingerprint density at radius 1 is 1.26 bits per heavy atom. The van der Waals surface area contributed by atoms with E-state index in [0.717, 1.165) is 31.9 Å². The molecule has 0 spiro atoms. The first kappa shape index (κ1) is 13.6. The Balaban J connectivity index is 1.84. The Kier molecular flexibility index (Phi) is 4.98. The van der Waals surface area contributed by atoms with Crippen LogP contribution in [0.5, 0.6) is 5.75 Å². The molecule has 1 N–H and O–H groups in total. The summed E-state index contributed by atoms with van der Waals surface area (Å²) in [5, 5.41) is 7.56. The summed E-state index contributed by atoms with van der Waals surface area (Å²) < 4.78 is 7.51. The van der Waals surface area contributed by atoms with Gasteiger partial charge in [0.15, 0.2) is 0 Å². The highest BCUT2D eigenvalue weighted by atomic mass is 16.5. The van der Waals surface area contributed by atoms with Gasteiger partial charge in [-0.2, -0.15) is 5.10 Å². The van der Waals surface area contributed by atoms with Gasteiger partial charge in [-0.25, -0.2) is 0 Å². The normalized spacial score (nSPS) is 10.6. The van der Waals surface area contributed by atoms with Crippen LogP contribution in [-0.2, 0) is 20.1 Å². The van der Waals surface area contributed by atoms with E-state index in [1.165, 1.54) is 11.3 Å². The second-order valence-electron chi connectivity index (χ2n) is 4.55. The van der Waals surface area contributed by atoms with Crippen molar-refractivity contribution in [3.05, 3.63) is 47.8 Å². The fourth-order valence-corrected chi connectivity index (χ4v) is 1.87. The number of hydrogen-bond acceptors (Lipinski definition) is 3. The van der Waals surface area contributed by atoms with E-state index >= 15 is 0 Å². The van der Waals surface area contributed by atoms with Crippen LogP contribution in [0.4, 0.5) is 0 Å². The number of nitrogens with one attached hydrogen (secondary N) is 1. The number of rotatable bonds is 7. The molecule has 19 heavy (non-hydrogen) atoms. The van der Waals surface area contributed by atoms with Gasteiger partial charge in [0.1, 0.15) is 5.75 Å². The molecule has 4 nitrogen and oxygen atoms in total. The monoisotopic (exact) mass is 259 g/mol. The van der Waals surface area contributed by atoms with Crippen molar-refractivity contribution >= 4 is 0 Å². The Morgan fingerprint density at radius 3 is 2.89 bits per heavy atom. The van der Waals surface area contributed by atoms with E-state index in [0.29, 0.717) is 0 Å². The molecule has 0 amide bonds. The first-order valence-corrected chi connectivity index (χ1v) is 6.69. The van der Waals surface area contributed by atoms with Gasteiger partial charge in [0.05, 0.1) is 12.3 Å². The lowest BCUT2D eigenvalue weighted by atomic mass is 10.2. The lowest BCUT2D eigenvalue weighted by Gasteiger charge is -2.08. The van der Waals surface area contributed by atoms with Crippen LogP contribution in [0.2, 0.25) is 0 Å². The number of benzene rings is 1. The summed E-state index contributed by atoms with van der Waals surface area (Å²) in [6.45, 7) is 4.52. The van der Waals surface area contributed by atoms with Crippen LogP contribution in [0.15, 0.2) is 36.5 Å². The van der Waals surface area contributed by atoms with Gasteiger partial charge >= 0.3 is 0 Å². The largest absolute Gasteiger partial charge is 0.494 e. The van der Waals surface area contributed by atoms with Crippen LogP contribution >= 0.6 is 0 Å². The first-order chi connectivity index (χ1) is 9.29. The minimum absolute atomic E-state index is 0.770. The third kappa shape index (κ3) is 4.10.